The minimum atomic E-state index is -0.852. The van der Waals surface area contributed by atoms with Crippen molar-refractivity contribution in [1.82, 2.24) is 14.5 Å². The lowest BCUT2D eigenvalue weighted by molar-refractivity contribution is -0.133. The fourth-order valence-electron chi connectivity index (χ4n) is 2.10. The summed E-state index contributed by atoms with van der Waals surface area (Å²) in [6.45, 7) is 1.89. The summed E-state index contributed by atoms with van der Waals surface area (Å²) >= 11 is 1.21. The molecule has 3 aromatic rings. The molecule has 0 unspecified atom stereocenters. The number of benzene rings is 1. The standard InChI is InChI=1S/C15H13N3O2S/c1-10-8-18(15(17-10)21-9-14(19)20)12-4-5-13-11(7-12)3-2-6-16-13/h2-8H,9H2,1H3,(H,19,20). The Hall–Kier alpha value is -2.34. The molecule has 0 radical (unpaired) electrons. The number of hydrogen-bond donors (Lipinski definition) is 1. The van der Waals surface area contributed by atoms with E-state index in [1.54, 1.807) is 6.20 Å². The zero-order valence-electron chi connectivity index (χ0n) is 11.4. The van der Waals surface area contributed by atoms with Gasteiger partial charge in [-0.05, 0) is 31.2 Å². The van der Waals surface area contributed by atoms with Crippen molar-refractivity contribution in [3.8, 4) is 5.69 Å². The smallest absolute Gasteiger partial charge is 0.313 e. The minimum Gasteiger partial charge on any atom is -0.481 e. The zero-order valence-corrected chi connectivity index (χ0v) is 12.2. The second kappa shape index (κ2) is 5.57. The van der Waals surface area contributed by atoms with Crippen molar-refractivity contribution in [1.29, 1.82) is 0 Å². The van der Waals surface area contributed by atoms with Gasteiger partial charge in [-0.3, -0.25) is 14.3 Å². The molecule has 1 aromatic carbocycles. The number of aryl methyl sites for hydroxylation is 1. The fraction of sp³-hybridized carbons (Fsp3) is 0.133. The molecule has 6 heteroatoms. The van der Waals surface area contributed by atoms with E-state index in [1.807, 2.05) is 48.0 Å². The Morgan fingerprint density at radius 2 is 2.24 bits per heavy atom. The topological polar surface area (TPSA) is 68.0 Å². The van der Waals surface area contributed by atoms with Crippen LogP contribution in [0.5, 0.6) is 0 Å². The molecule has 106 valence electrons. The molecular weight excluding hydrogens is 286 g/mol. The lowest BCUT2D eigenvalue weighted by atomic mass is 10.2. The number of imidazole rings is 1. The summed E-state index contributed by atoms with van der Waals surface area (Å²) in [6.07, 6.45) is 3.67. The van der Waals surface area contributed by atoms with Crippen LogP contribution in [0.1, 0.15) is 5.69 Å². The van der Waals surface area contributed by atoms with Gasteiger partial charge in [0.1, 0.15) is 0 Å². The van der Waals surface area contributed by atoms with Crippen molar-refractivity contribution < 1.29 is 9.90 Å². The van der Waals surface area contributed by atoms with Crippen molar-refractivity contribution in [3.63, 3.8) is 0 Å². The molecule has 0 atom stereocenters. The van der Waals surface area contributed by atoms with Gasteiger partial charge in [-0.25, -0.2) is 4.98 Å². The van der Waals surface area contributed by atoms with E-state index in [0.29, 0.717) is 5.16 Å². The van der Waals surface area contributed by atoms with Crippen LogP contribution in [0, 0.1) is 6.92 Å². The molecule has 0 aliphatic heterocycles. The van der Waals surface area contributed by atoms with Crippen molar-refractivity contribution in [2.45, 2.75) is 12.1 Å². The number of carbonyl (C=O) groups is 1. The van der Waals surface area contributed by atoms with E-state index in [2.05, 4.69) is 9.97 Å². The number of nitrogens with zero attached hydrogens (tertiary/aromatic N) is 3. The Kier molecular flexibility index (Phi) is 3.62. The lowest BCUT2D eigenvalue weighted by Gasteiger charge is -2.07. The normalized spacial score (nSPS) is 10.9. The molecule has 0 bridgehead atoms. The highest BCUT2D eigenvalue weighted by Gasteiger charge is 2.10. The van der Waals surface area contributed by atoms with Gasteiger partial charge >= 0.3 is 5.97 Å². The van der Waals surface area contributed by atoms with Crippen LogP contribution in [-0.4, -0.2) is 31.4 Å². The third-order valence-electron chi connectivity index (χ3n) is 2.98. The maximum absolute atomic E-state index is 10.7. The van der Waals surface area contributed by atoms with Gasteiger partial charge in [0.15, 0.2) is 5.16 Å². The third kappa shape index (κ3) is 2.90. The molecule has 0 aliphatic rings. The van der Waals surface area contributed by atoms with Crippen LogP contribution >= 0.6 is 11.8 Å². The third-order valence-corrected chi connectivity index (χ3v) is 3.92. The number of carboxylic acids is 1. The summed E-state index contributed by atoms with van der Waals surface area (Å²) in [4.78, 5) is 19.4. The van der Waals surface area contributed by atoms with E-state index in [9.17, 15) is 4.79 Å². The molecule has 2 heterocycles. The van der Waals surface area contributed by atoms with Gasteiger partial charge < -0.3 is 5.11 Å². The van der Waals surface area contributed by atoms with E-state index in [4.69, 9.17) is 5.11 Å². The number of thioether (sulfide) groups is 1. The van der Waals surface area contributed by atoms with Gasteiger partial charge in [-0.2, -0.15) is 0 Å². The summed E-state index contributed by atoms with van der Waals surface area (Å²) in [6, 6.07) is 9.83. The number of carboxylic acid groups (broad SMARTS) is 1. The molecule has 0 saturated carbocycles. The summed E-state index contributed by atoms with van der Waals surface area (Å²) in [5, 5.41) is 10.5. The summed E-state index contributed by atoms with van der Waals surface area (Å²) in [5.74, 6) is -0.860. The Bertz CT molecular complexity index is 814. The van der Waals surface area contributed by atoms with Crippen LogP contribution < -0.4 is 0 Å². The average Bonchev–Trinajstić information content (AvgIpc) is 2.85. The van der Waals surface area contributed by atoms with Crippen molar-refractivity contribution >= 4 is 28.6 Å². The van der Waals surface area contributed by atoms with Crippen LogP contribution in [0.3, 0.4) is 0 Å². The van der Waals surface area contributed by atoms with Gasteiger partial charge in [0, 0.05) is 23.5 Å². The first-order valence-electron chi connectivity index (χ1n) is 6.39. The molecular formula is C15H13N3O2S. The SMILES string of the molecule is Cc1cn(-c2ccc3ncccc3c2)c(SCC(=O)O)n1. The van der Waals surface area contributed by atoms with Crippen LogP contribution in [-0.2, 0) is 4.79 Å². The van der Waals surface area contributed by atoms with Crippen molar-refractivity contribution in [3.05, 3.63) is 48.4 Å². The van der Waals surface area contributed by atoms with Gasteiger partial charge in [0.25, 0.3) is 0 Å². The van der Waals surface area contributed by atoms with Crippen LogP contribution in [0.4, 0.5) is 0 Å². The predicted molar refractivity (Wildman–Crippen MR) is 82.0 cm³/mol. The number of fused-ring (bicyclic) bond motifs is 1. The number of aromatic nitrogens is 3. The molecule has 0 saturated heterocycles. The predicted octanol–water partition coefficient (Wildman–Crippen LogP) is 2.91. The molecule has 2 aromatic heterocycles. The van der Waals surface area contributed by atoms with Gasteiger partial charge in [-0.15, -0.1) is 0 Å². The van der Waals surface area contributed by atoms with E-state index >= 15 is 0 Å². The Morgan fingerprint density at radius 1 is 1.38 bits per heavy atom. The second-order valence-corrected chi connectivity index (χ2v) is 5.54. The summed E-state index contributed by atoms with van der Waals surface area (Å²) < 4.78 is 1.91. The molecule has 0 aliphatic carbocycles. The quantitative estimate of drug-likeness (QED) is 0.750. The van der Waals surface area contributed by atoms with E-state index in [1.165, 1.54) is 11.8 Å². The van der Waals surface area contributed by atoms with Crippen LogP contribution in [0.2, 0.25) is 0 Å². The molecule has 0 fully saturated rings. The highest BCUT2D eigenvalue weighted by Crippen LogP contribution is 2.24. The van der Waals surface area contributed by atoms with Gasteiger partial charge in [0.05, 0.1) is 17.0 Å². The van der Waals surface area contributed by atoms with Crippen molar-refractivity contribution in [2.75, 3.05) is 5.75 Å². The largest absolute Gasteiger partial charge is 0.481 e. The van der Waals surface area contributed by atoms with E-state index in [0.717, 1.165) is 22.3 Å². The molecule has 0 spiro atoms. The van der Waals surface area contributed by atoms with E-state index in [-0.39, 0.29) is 5.75 Å². The lowest BCUT2D eigenvalue weighted by Crippen LogP contribution is -2.01. The molecule has 1 N–H and O–H groups in total. The Labute approximate surface area is 125 Å². The first-order chi connectivity index (χ1) is 10.1. The maximum atomic E-state index is 10.7. The number of aliphatic carboxylic acids is 1. The number of rotatable bonds is 4. The molecule has 3 rings (SSSR count). The first kappa shape index (κ1) is 13.6. The van der Waals surface area contributed by atoms with Crippen LogP contribution in [0.15, 0.2) is 47.9 Å². The highest BCUT2D eigenvalue weighted by atomic mass is 32.2. The zero-order chi connectivity index (χ0) is 14.8. The van der Waals surface area contributed by atoms with Gasteiger partial charge in [0.2, 0.25) is 0 Å². The number of hydrogen-bond acceptors (Lipinski definition) is 4. The monoisotopic (exact) mass is 299 g/mol. The van der Waals surface area contributed by atoms with Crippen molar-refractivity contribution in [2.24, 2.45) is 0 Å². The summed E-state index contributed by atoms with van der Waals surface area (Å²) in [5.41, 5.74) is 2.73. The summed E-state index contributed by atoms with van der Waals surface area (Å²) in [7, 11) is 0. The maximum Gasteiger partial charge on any atom is 0.313 e. The van der Waals surface area contributed by atoms with Crippen LogP contribution in [0.25, 0.3) is 16.6 Å². The van der Waals surface area contributed by atoms with E-state index < -0.39 is 5.97 Å². The fourth-order valence-corrected chi connectivity index (χ4v) is 2.86. The molecule has 5 nitrogen and oxygen atoms in total. The number of pyridine rings is 1. The minimum absolute atomic E-state index is 0.00834. The molecule has 0 amide bonds. The first-order valence-corrected chi connectivity index (χ1v) is 7.38. The Morgan fingerprint density at radius 3 is 3.05 bits per heavy atom. The second-order valence-electron chi connectivity index (χ2n) is 4.60. The van der Waals surface area contributed by atoms with Gasteiger partial charge in [-0.1, -0.05) is 17.8 Å². The highest BCUT2D eigenvalue weighted by molar-refractivity contribution is 7.99. The Balaban J connectivity index is 2.03. The average molecular weight is 299 g/mol. The molecule has 21 heavy (non-hydrogen) atoms.